The fourth-order valence-electron chi connectivity index (χ4n) is 2.15. The molecule has 2 N–H and O–H groups in total. The normalized spacial score (nSPS) is 18.6. The Bertz CT molecular complexity index is 528. The first-order chi connectivity index (χ1) is 9.04. The zero-order chi connectivity index (χ0) is 13.9. The summed E-state index contributed by atoms with van der Waals surface area (Å²) in [6.45, 7) is 3.84. The lowest BCUT2D eigenvalue weighted by atomic mass is 10.3. The number of halogens is 1. The van der Waals surface area contributed by atoms with Crippen LogP contribution >= 0.6 is 11.6 Å². The van der Waals surface area contributed by atoms with Crippen molar-refractivity contribution in [1.29, 1.82) is 0 Å². The molecule has 5 nitrogen and oxygen atoms in total. The van der Waals surface area contributed by atoms with Crippen LogP contribution in [-0.2, 0) is 10.0 Å². The molecule has 1 fully saturated rings. The molecule has 1 aliphatic rings. The third-order valence-corrected chi connectivity index (χ3v) is 5.34. The van der Waals surface area contributed by atoms with Gasteiger partial charge < -0.3 is 5.73 Å². The zero-order valence-corrected chi connectivity index (χ0v) is 12.2. The molecule has 7 heteroatoms. The summed E-state index contributed by atoms with van der Waals surface area (Å²) in [6, 6.07) is 6.39. The van der Waals surface area contributed by atoms with Gasteiger partial charge in [-0.1, -0.05) is 17.7 Å². The lowest BCUT2D eigenvalue weighted by molar-refractivity contribution is 0.192. The summed E-state index contributed by atoms with van der Waals surface area (Å²) in [4.78, 5) is 2.43. The lowest BCUT2D eigenvalue weighted by Gasteiger charge is -2.33. The highest BCUT2D eigenvalue weighted by Gasteiger charge is 2.28. The van der Waals surface area contributed by atoms with Crippen molar-refractivity contribution in [3.63, 3.8) is 0 Å². The zero-order valence-electron chi connectivity index (χ0n) is 10.6. The minimum Gasteiger partial charge on any atom is -0.329 e. The van der Waals surface area contributed by atoms with Crippen LogP contribution in [0.4, 0.5) is 0 Å². The van der Waals surface area contributed by atoms with Crippen LogP contribution in [0.1, 0.15) is 0 Å². The van der Waals surface area contributed by atoms with Gasteiger partial charge in [-0.3, -0.25) is 4.90 Å². The second-order valence-electron chi connectivity index (χ2n) is 4.49. The summed E-state index contributed by atoms with van der Waals surface area (Å²) >= 11 is 5.85. The Morgan fingerprint density at radius 2 is 1.89 bits per heavy atom. The van der Waals surface area contributed by atoms with E-state index in [0.29, 0.717) is 24.7 Å². The molecule has 0 saturated carbocycles. The van der Waals surface area contributed by atoms with E-state index in [1.807, 2.05) is 0 Å². The Labute approximate surface area is 119 Å². The Balaban J connectivity index is 2.10. The molecule has 0 spiro atoms. The van der Waals surface area contributed by atoms with Crippen LogP contribution in [0.15, 0.2) is 29.2 Å². The standard InChI is InChI=1S/C12H18ClN3O2S/c13-11-2-1-3-12(10-11)19(17,18)16-8-6-15(5-4-14)7-9-16/h1-3,10H,4-9,14H2. The molecule has 0 radical (unpaired) electrons. The number of benzene rings is 1. The van der Waals surface area contributed by atoms with Crippen molar-refractivity contribution in [3.8, 4) is 0 Å². The van der Waals surface area contributed by atoms with Crippen LogP contribution in [-0.4, -0.2) is 56.9 Å². The van der Waals surface area contributed by atoms with E-state index in [-0.39, 0.29) is 4.90 Å². The number of rotatable bonds is 4. The van der Waals surface area contributed by atoms with Gasteiger partial charge in [0, 0.05) is 44.3 Å². The Morgan fingerprint density at radius 1 is 1.21 bits per heavy atom. The average molecular weight is 304 g/mol. The largest absolute Gasteiger partial charge is 0.329 e. The number of nitrogens with two attached hydrogens (primary N) is 1. The number of nitrogens with zero attached hydrogens (tertiary/aromatic N) is 2. The van der Waals surface area contributed by atoms with Crippen LogP contribution in [0.5, 0.6) is 0 Å². The molecule has 1 aliphatic heterocycles. The number of sulfonamides is 1. The van der Waals surface area contributed by atoms with Crippen molar-refractivity contribution >= 4 is 21.6 Å². The molecule has 1 saturated heterocycles. The molecular formula is C12H18ClN3O2S. The molecule has 106 valence electrons. The van der Waals surface area contributed by atoms with E-state index >= 15 is 0 Å². The topological polar surface area (TPSA) is 66.6 Å². The molecule has 0 aliphatic carbocycles. The number of hydrogen-bond donors (Lipinski definition) is 1. The summed E-state index contributed by atoms with van der Waals surface area (Å²) < 4.78 is 26.4. The van der Waals surface area contributed by atoms with Crippen molar-refractivity contribution < 1.29 is 8.42 Å². The van der Waals surface area contributed by atoms with Gasteiger partial charge in [-0.25, -0.2) is 8.42 Å². The molecule has 0 unspecified atom stereocenters. The van der Waals surface area contributed by atoms with E-state index in [1.54, 1.807) is 18.2 Å². The first-order valence-corrected chi connectivity index (χ1v) is 8.04. The number of hydrogen-bond acceptors (Lipinski definition) is 4. The smallest absolute Gasteiger partial charge is 0.243 e. The summed E-state index contributed by atoms with van der Waals surface area (Å²) in [5.41, 5.74) is 5.50. The average Bonchev–Trinajstić information content (AvgIpc) is 2.40. The van der Waals surface area contributed by atoms with Gasteiger partial charge in [0.2, 0.25) is 10.0 Å². The lowest BCUT2D eigenvalue weighted by Crippen LogP contribution is -2.49. The van der Waals surface area contributed by atoms with E-state index in [2.05, 4.69) is 4.90 Å². The van der Waals surface area contributed by atoms with Gasteiger partial charge in [0.1, 0.15) is 0 Å². The second kappa shape index (κ2) is 6.19. The van der Waals surface area contributed by atoms with Gasteiger partial charge in [0.25, 0.3) is 0 Å². The van der Waals surface area contributed by atoms with Crippen LogP contribution in [0.2, 0.25) is 5.02 Å². The monoisotopic (exact) mass is 303 g/mol. The first-order valence-electron chi connectivity index (χ1n) is 6.22. The predicted molar refractivity (Wildman–Crippen MR) is 75.7 cm³/mol. The van der Waals surface area contributed by atoms with E-state index < -0.39 is 10.0 Å². The SMILES string of the molecule is NCCN1CCN(S(=O)(=O)c2cccc(Cl)c2)CC1. The minimum atomic E-state index is -3.43. The van der Waals surface area contributed by atoms with Crippen LogP contribution in [0.25, 0.3) is 0 Å². The molecule has 0 amide bonds. The predicted octanol–water partition coefficient (Wildman–Crippen LogP) is 0.605. The highest BCUT2D eigenvalue weighted by Crippen LogP contribution is 2.20. The van der Waals surface area contributed by atoms with Gasteiger partial charge in [-0.2, -0.15) is 4.31 Å². The van der Waals surface area contributed by atoms with Gasteiger partial charge >= 0.3 is 0 Å². The van der Waals surface area contributed by atoms with Crippen LogP contribution < -0.4 is 5.73 Å². The Morgan fingerprint density at radius 3 is 2.47 bits per heavy atom. The van der Waals surface area contributed by atoms with Crippen LogP contribution in [0.3, 0.4) is 0 Å². The van der Waals surface area contributed by atoms with Crippen molar-refractivity contribution in [3.05, 3.63) is 29.3 Å². The van der Waals surface area contributed by atoms with Crippen molar-refractivity contribution in [2.24, 2.45) is 5.73 Å². The molecule has 19 heavy (non-hydrogen) atoms. The van der Waals surface area contributed by atoms with E-state index in [9.17, 15) is 8.42 Å². The van der Waals surface area contributed by atoms with Crippen LogP contribution in [0, 0.1) is 0 Å². The maximum absolute atomic E-state index is 12.4. The molecule has 0 bridgehead atoms. The third kappa shape index (κ3) is 3.46. The van der Waals surface area contributed by atoms with E-state index in [4.69, 9.17) is 17.3 Å². The molecule has 1 heterocycles. The fraction of sp³-hybridized carbons (Fsp3) is 0.500. The highest BCUT2D eigenvalue weighted by atomic mass is 35.5. The Kier molecular flexibility index (Phi) is 4.81. The quantitative estimate of drug-likeness (QED) is 0.885. The van der Waals surface area contributed by atoms with Crippen molar-refractivity contribution in [2.45, 2.75) is 4.90 Å². The summed E-state index contributed by atoms with van der Waals surface area (Å²) in [6.07, 6.45) is 0. The summed E-state index contributed by atoms with van der Waals surface area (Å²) in [7, 11) is -3.43. The van der Waals surface area contributed by atoms with Gasteiger partial charge in [0.15, 0.2) is 0 Å². The fourth-order valence-corrected chi connectivity index (χ4v) is 3.88. The first kappa shape index (κ1) is 14.7. The highest BCUT2D eigenvalue weighted by molar-refractivity contribution is 7.89. The van der Waals surface area contributed by atoms with Crippen molar-refractivity contribution in [1.82, 2.24) is 9.21 Å². The molecule has 0 aromatic heterocycles. The second-order valence-corrected chi connectivity index (χ2v) is 6.87. The summed E-state index contributed by atoms with van der Waals surface area (Å²) in [5, 5.41) is 0.433. The van der Waals surface area contributed by atoms with E-state index in [1.165, 1.54) is 10.4 Å². The molecular weight excluding hydrogens is 286 g/mol. The van der Waals surface area contributed by atoms with Crippen molar-refractivity contribution in [2.75, 3.05) is 39.3 Å². The Hall–Kier alpha value is -0.660. The maximum Gasteiger partial charge on any atom is 0.243 e. The summed E-state index contributed by atoms with van der Waals surface area (Å²) in [5.74, 6) is 0. The maximum atomic E-state index is 12.4. The van der Waals surface area contributed by atoms with Gasteiger partial charge in [0.05, 0.1) is 4.90 Å². The third-order valence-electron chi connectivity index (χ3n) is 3.21. The van der Waals surface area contributed by atoms with Gasteiger partial charge in [-0.05, 0) is 18.2 Å². The van der Waals surface area contributed by atoms with E-state index in [0.717, 1.165) is 19.6 Å². The molecule has 0 atom stereocenters. The van der Waals surface area contributed by atoms with Gasteiger partial charge in [-0.15, -0.1) is 0 Å². The molecule has 2 rings (SSSR count). The molecule has 1 aromatic carbocycles. The molecule has 1 aromatic rings. The number of piperazine rings is 1. The minimum absolute atomic E-state index is 0.257.